The summed E-state index contributed by atoms with van der Waals surface area (Å²) in [7, 11) is 0. The van der Waals surface area contributed by atoms with E-state index in [-0.39, 0.29) is 6.03 Å². The van der Waals surface area contributed by atoms with E-state index in [0.29, 0.717) is 6.54 Å². The van der Waals surface area contributed by atoms with Crippen LogP contribution in [0, 0.1) is 13.8 Å². The van der Waals surface area contributed by atoms with Gasteiger partial charge in [-0.15, -0.1) is 0 Å². The number of anilines is 1. The summed E-state index contributed by atoms with van der Waals surface area (Å²) in [6, 6.07) is 7.83. The first-order valence-corrected chi connectivity index (χ1v) is 7.22. The van der Waals surface area contributed by atoms with Crippen molar-refractivity contribution in [3.05, 3.63) is 51.7 Å². The second-order valence-electron chi connectivity index (χ2n) is 4.56. The number of amides is 2. The first kappa shape index (κ1) is 13.6. The van der Waals surface area contributed by atoms with E-state index < -0.39 is 0 Å². The third kappa shape index (κ3) is 4.10. The molecule has 0 saturated heterocycles. The van der Waals surface area contributed by atoms with Gasteiger partial charge in [-0.3, -0.25) is 0 Å². The van der Waals surface area contributed by atoms with Crippen LogP contribution in [0.2, 0.25) is 0 Å². The van der Waals surface area contributed by atoms with E-state index in [1.807, 2.05) is 30.5 Å². The molecule has 1 aromatic carbocycles. The molecule has 0 unspecified atom stereocenters. The van der Waals surface area contributed by atoms with Crippen LogP contribution >= 0.6 is 11.3 Å². The van der Waals surface area contributed by atoms with Gasteiger partial charge in [0.15, 0.2) is 0 Å². The highest BCUT2D eigenvalue weighted by molar-refractivity contribution is 7.07. The Morgan fingerprint density at radius 3 is 2.74 bits per heavy atom. The van der Waals surface area contributed by atoms with E-state index in [1.54, 1.807) is 11.3 Å². The molecule has 0 aliphatic carbocycles. The minimum Gasteiger partial charge on any atom is -0.338 e. The van der Waals surface area contributed by atoms with Gasteiger partial charge in [0.2, 0.25) is 0 Å². The molecule has 0 bridgehead atoms. The van der Waals surface area contributed by atoms with E-state index in [4.69, 9.17) is 0 Å². The van der Waals surface area contributed by atoms with Crippen molar-refractivity contribution in [3.8, 4) is 0 Å². The lowest BCUT2D eigenvalue weighted by Gasteiger charge is -2.09. The lowest BCUT2D eigenvalue weighted by atomic mass is 10.1. The number of rotatable bonds is 4. The number of aryl methyl sites for hydroxylation is 2. The fraction of sp³-hybridized carbons (Fsp3) is 0.267. The molecule has 4 heteroatoms. The van der Waals surface area contributed by atoms with E-state index in [9.17, 15) is 4.79 Å². The summed E-state index contributed by atoms with van der Waals surface area (Å²) in [5.74, 6) is 0. The summed E-state index contributed by atoms with van der Waals surface area (Å²) < 4.78 is 0. The van der Waals surface area contributed by atoms with Gasteiger partial charge in [-0.1, -0.05) is 6.07 Å². The van der Waals surface area contributed by atoms with Gasteiger partial charge in [-0.05, 0) is 65.9 Å². The van der Waals surface area contributed by atoms with E-state index in [1.165, 1.54) is 16.7 Å². The maximum Gasteiger partial charge on any atom is 0.319 e. The maximum atomic E-state index is 11.7. The van der Waals surface area contributed by atoms with Gasteiger partial charge in [0.25, 0.3) is 0 Å². The fourth-order valence-electron chi connectivity index (χ4n) is 1.75. The fourth-order valence-corrected chi connectivity index (χ4v) is 2.45. The molecule has 2 aromatic rings. The Hall–Kier alpha value is -1.81. The Bertz CT molecular complexity index is 549. The maximum absolute atomic E-state index is 11.7. The number of benzene rings is 1. The first-order chi connectivity index (χ1) is 9.15. The third-order valence-corrected chi connectivity index (χ3v) is 3.78. The number of hydrogen-bond acceptors (Lipinski definition) is 2. The van der Waals surface area contributed by atoms with E-state index >= 15 is 0 Å². The molecule has 2 rings (SSSR count). The summed E-state index contributed by atoms with van der Waals surface area (Å²) in [5.41, 5.74) is 4.49. The van der Waals surface area contributed by atoms with Gasteiger partial charge < -0.3 is 10.6 Å². The molecule has 0 atom stereocenters. The summed E-state index contributed by atoms with van der Waals surface area (Å²) in [4.78, 5) is 11.7. The zero-order valence-corrected chi connectivity index (χ0v) is 12.0. The molecule has 0 aliphatic rings. The zero-order valence-electron chi connectivity index (χ0n) is 11.2. The molecule has 100 valence electrons. The van der Waals surface area contributed by atoms with Crippen molar-refractivity contribution in [3.63, 3.8) is 0 Å². The molecule has 0 aliphatic heterocycles. The number of carbonyl (C=O) groups excluding carboxylic acids is 1. The molecule has 0 spiro atoms. The second-order valence-corrected chi connectivity index (χ2v) is 5.34. The molecule has 0 fully saturated rings. The van der Waals surface area contributed by atoms with Crippen molar-refractivity contribution in [2.24, 2.45) is 0 Å². The summed E-state index contributed by atoms with van der Waals surface area (Å²) >= 11 is 1.68. The van der Waals surface area contributed by atoms with Crippen LogP contribution in [-0.4, -0.2) is 12.6 Å². The highest BCUT2D eigenvalue weighted by Crippen LogP contribution is 2.13. The van der Waals surface area contributed by atoms with Gasteiger partial charge in [0, 0.05) is 12.2 Å². The minimum atomic E-state index is -0.154. The Labute approximate surface area is 117 Å². The number of carbonyl (C=O) groups is 1. The third-order valence-electron chi connectivity index (χ3n) is 3.04. The van der Waals surface area contributed by atoms with Crippen molar-refractivity contribution in [2.75, 3.05) is 11.9 Å². The Kier molecular flexibility index (Phi) is 4.58. The SMILES string of the molecule is Cc1ccc(NC(=O)NCCc2ccsc2)cc1C. The van der Waals surface area contributed by atoms with Gasteiger partial charge in [0.1, 0.15) is 0 Å². The molecule has 19 heavy (non-hydrogen) atoms. The number of nitrogens with one attached hydrogen (secondary N) is 2. The van der Waals surface area contributed by atoms with Crippen LogP contribution in [0.1, 0.15) is 16.7 Å². The Morgan fingerprint density at radius 2 is 2.05 bits per heavy atom. The topological polar surface area (TPSA) is 41.1 Å². The monoisotopic (exact) mass is 274 g/mol. The van der Waals surface area contributed by atoms with Crippen molar-refractivity contribution >= 4 is 23.1 Å². The average Bonchev–Trinajstić information content (AvgIpc) is 2.87. The van der Waals surface area contributed by atoms with Gasteiger partial charge in [-0.2, -0.15) is 11.3 Å². The van der Waals surface area contributed by atoms with Crippen molar-refractivity contribution in [1.82, 2.24) is 5.32 Å². The smallest absolute Gasteiger partial charge is 0.319 e. The van der Waals surface area contributed by atoms with Crippen LogP contribution in [0.5, 0.6) is 0 Å². The predicted octanol–water partition coefficient (Wildman–Crippen LogP) is 3.73. The summed E-state index contributed by atoms with van der Waals surface area (Å²) in [6.07, 6.45) is 0.865. The van der Waals surface area contributed by atoms with Crippen LogP contribution < -0.4 is 10.6 Å². The molecule has 2 amide bonds. The van der Waals surface area contributed by atoms with Gasteiger partial charge in [-0.25, -0.2) is 4.79 Å². The second kappa shape index (κ2) is 6.38. The minimum absolute atomic E-state index is 0.154. The summed E-state index contributed by atoms with van der Waals surface area (Å²) in [6.45, 7) is 4.74. The van der Waals surface area contributed by atoms with Crippen LogP contribution in [0.4, 0.5) is 10.5 Å². The van der Waals surface area contributed by atoms with E-state index in [0.717, 1.165) is 12.1 Å². The summed E-state index contributed by atoms with van der Waals surface area (Å²) in [5, 5.41) is 9.85. The molecular weight excluding hydrogens is 256 g/mol. The zero-order chi connectivity index (χ0) is 13.7. The molecule has 0 saturated carbocycles. The highest BCUT2D eigenvalue weighted by Gasteiger charge is 2.02. The molecule has 1 aromatic heterocycles. The quantitative estimate of drug-likeness (QED) is 0.876. The largest absolute Gasteiger partial charge is 0.338 e. The molecule has 3 nitrogen and oxygen atoms in total. The van der Waals surface area contributed by atoms with Crippen LogP contribution in [0.15, 0.2) is 35.0 Å². The van der Waals surface area contributed by atoms with Crippen molar-refractivity contribution < 1.29 is 4.79 Å². The standard InChI is InChI=1S/C15H18N2OS/c1-11-3-4-14(9-12(11)2)17-15(18)16-7-5-13-6-8-19-10-13/h3-4,6,8-10H,5,7H2,1-2H3,(H2,16,17,18). The molecular formula is C15H18N2OS. The van der Waals surface area contributed by atoms with Crippen LogP contribution in [-0.2, 0) is 6.42 Å². The molecule has 0 radical (unpaired) electrons. The lowest BCUT2D eigenvalue weighted by Crippen LogP contribution is -2.30. The molecule has 1 heterocycles. The predicted molar refractivity (Wildman–Crippen MR) is 81.0 cm³/mol. The lowest BCUT2D eigenvalue weighted by molar-refractivity contribution is 0.252. The number of hydrogen-bond donors (Lipinski definition) is 2. The Balaban J connectivity index is 1.79. The van der Waals surface area contributed by atoms with Crippen molar-refractivity contribution in [1.29, 1.82) is 0 Å². The Morgan fingerprint density at radius 1 is 1.21 bits per heavy atom. The molecule has 2 N–H and O–H groups in total. The number of urea groups is 1. The van der Waals surface area contributed by atoms with Gasteiger partial charge in [0.05, 0.1) is 0 Å². The van der Waals surface area contributed by atoms with Crippen molar-refractivity contribution in [2.45, 2.75) is 20.3 Å². The van der Waals surface area contributed by atoms with Gasteiger partial charge >= 0.3 is 6.03 Å². The van der Waals surface area contributed by atoms with Crippen LogP contribution in [0.25, 0.3) is 0 Å². The highest BCUT2D eigenvalue weighted by atomic mass is 32.1. The normalized spacial score (nSPS) is 10.2. The number of thiophene rings is 1. The van der Waals surface area contributed by atoms with Crippen LogP contribution in [0.3, 0.4) is 0 Å². The van der Waals surface area contributed by atoms with E-state index in [2.05, 4.69) is 29.0 Å². The average molecular weight is 274 g/mol. The first-order valence-electron chi connectivity index (χ1n) is 6.28.